The number of aromatic nitrogens is 2. The van der Waals surface area contributed by atoms with E-state index in [2.05, 4.69) is 21.4 Å². The summed E-state index contributed by atoms with van der Waals surface area (Å²) in [6, 6.07) is 0. The highest BCUT2D eigenvalue weighted by atomic mass is 16.5. The van der Waals surface area contributed by atoms with Crippen molar-refractivity contribution in [2.45, 2.75) is 45.1 Å². The van der Waals surface area contributed by atoms with Crippen molar-refractivity contribution in [2.24, 2.45) is 0 Å². The van der Waals surface area contributed by atoms with E-state index < -0.39 is 12.1 Å². The molecule has 118 valence electrons. The molecule has 1 aliphatic carbocycles. The minimum absolute atomic E-state index is 0.0921. The molecule has 6 heteroatoms. The highest BCUT2D eigenvalue weighted by Crippen LogP contribution is 2.19. The summed E-state index contributed by atoms with van der Waals surface area (Å²) in [6.45, 7) is 2.11. The lowest BCUT2D eigenvalue weighted by Gasteiger charge is -2.15. The largest absolute Gasteiger partial charge is 0.448 e. The average Bonchev–Trinajstić information content (AvgIpc) is 2.56. The molecule has 0 unspecified atom stereocenters. The molecule has 1 N–H and O–H groups in total. The molecule has 2 rings (SSSR count). The molecular weight excluding hydrogens is 282 g/mol. The third-order valence-electron chi connectivity index (χ3n) is 3.56. The number of amides is 1. The Morgan fingerprint density at radius 3 is 2.91 bits per heavy atom. The van der Waals surface area contributed by atoms with E-state index in [4.69, 9.17) is 4.74 Å². The molecule has 0 aliphatic heterocycles. The maximum Gasteiger partial charge on any atom is 0.359 e. The highest BCUT2D eigenvalue weighted by Gasteiger charge is 2.19. The first-order valence-corrected chi connectivity index (χ1v) is 7.59. The van der Waals surface area contributed by atoms with E-state index in [0.29, 0.717) is 6.54 Å². The summed E-state index contributed by atoms with van der Waals surface area (Å²) >= 11 is 0. The van der Waals surface area contributed by atoms with Crippen molar-refractivity contribution in [2.75, 3.05) is 6.54 Å². The predicted molar refractivity (Wildman–Crippen MR) is 81.1 cm³/mol. The summed E-state index contributed by atoms with van der Waals surface area (Å²) < 4.78 is 5.07. The molecule has 22 heavy (non-hydrogen) atoms. The van der Waals surface area contributed by atoms with Gasteiger partial charge >= 0.3 is 5.97 Å². The van der Waals surface area contributed by atoms with Crippen LogP contribution < -0.4 is 5.32 Å². The van der Waals surface area contributed by atoms with Gasteiger partial charge in [0.25, 0.3) is 5.91 Å². The number of nitrogens with zero attached hydrogens (tertiary/aromatic N) is 2. The van der Waals surface area contributed by atoms with Crippen LogP contribution in [-0.4, -0.2) is 34.5 Å². The summed E-state index contributed by atoms with van der Waals surface area (Å²) in [7, 11) is 0. The maximum absolute atomic E-state index is 11.9. The fourth-order valence-electron chi connectivity index (χ4n) is 2.30. The Morgan fingerprint density at radius 2 is 2.23 bits per heavy atom. The zero-order valence-electron chi connectivity index (χ0n) is 12.7. The van der Waals surface area contributed by atoms with Gasteiger partial charge in [-0.3, -0.25) is 9.78 Å². The van der Waals surface area contributed by atoms with Crippen LogP contribution in [0.25, 0.3) is 0 Å². The molecule has 6 nitrogen and oxygen atoms in total. The number of rotatable bonds is 6. The summed E-state index contributed by atoms with van der Waals surface area (Å²) in [6.07, 6.45) is 11.2. The summed E-state index contributed by atoms with van der Waals surface area (Å²) in [4.78, 5) is 31.3. The molecular formula is C16H21N3O3. The Hall–Kier alpha value is -2.24. The van der Waals surface area contributed by atoms with E-state index in [-0.39, 0.29) is 11.6 Å². The van der Waals surface area contributed by atoms with Gasteiger partial charge in [0.2, 0.25) is 0 Å². The topological polar surface area (TPSA) is 81.2 Å². The van der Waals surface area contributed by atoms with Gasteiger partial charge in [0, 0.05) is 18.9 Å². The predicted octanol–water partition coefficient (Wildman–Crippen LogP) is 2.03. The van der Waals surface area contributed by atoms with Gasteiger partial charge in [-0.25, -0.2) is 9.78 Å². The second-order valence-electron chi connectivity index (χ2n) is 5.29. The monoisotopic (exact) mass is 303 g/mol. The Morgan fingerprint density at radius 1 is 1.36 bits per heavy atom. The zero-order chi connectivity index (χ0) is 15.8. The normalized spacial score (nSPS) is 15.6. The minimum atomic E-state index is -0.852. The van der Waals surface area contributed by atoms with Gasteiger partial charge in [0.1, 0.15) is 0 Å². The molecule has 1 aromatic heterocycles. The minimum Gasteiger partial charge on any atom is -0.448 e. The van der Waals surface area contributed by atoms with Crippen LogP contribution in [0.2, 0.25) is 0 Å². The fraction of sp³-hybridized carbons (Fsp3) is 0.500. The lowest BCUT2D eigenvalue weighted by molar-refractivity contribution is -0.129. The maximum atomic E-state index is 11.9. The van der Waals surface area contributed by atoms with E-state index in [1.54, 1.807) is 6.92 Å². The van der Waals surface area contributed by atoms with Gasteiger partial charge in [0.15, 0.2) is 11.8 Å². The Kier molecular flexibility index (Phi) is 6.06. The molecule has 0 radical (unpaired) electrons. The molecule has 0 fully saturated rings. The number of ether oxygens (including phenoxy) is 1. The first-order valence-electron chi connectivity index (χ1n) is 7.59. The molecule has 0 saturated heterocycles. The van der Waals surface area contributed by atoms with Gasteiger partial charge in [-0.05, 0) is 39.0 Å². The third-order valence-corrected chi connectivity index (χ3v) is 3.56. The van der Waals surface area contributed by atoms with E-state index in [0.717, 1.165) is 19.3 Å². The number of carbonyl (C=O) groups excluding carboxylic acids is 2. The van der Waals surface area contributed by atoms with Crippen molar-refractivity contribution in [1.82, 2.24) is 15.3 Å². The number of carbonyl (C=O) groups is 2. The van der Waals surface area contributed by atoms with Crippen molar-refractivity contribution in [3.05, 3.63) is 35.9 Å². The Labute approximate surface area is 130 Å². The lowest BCUT2D eigenvalue weighted by Crippen LogP contribution is -2.36. The zero-order valence-corrected chi connectivity index (χ0v) is 12.7. The second kappa shape index (κ2) is 8.26. The standard InChI is InChI=1S/C16H21N3O3/c1-12(22-16(21)14-11-17-9-10-18-14)15(20)19-8-7-13-5-3-2-4-6-13/h5,9-12H,2-4,6-8H2,1H3,(H,19,20)/t12-/m0/s1. The van der Waals surface area contributed by atoms with Crippen LogP contribution in [0.15, 0.2) is 30.2 Å². The van der Waals surface area contributed by atoms with Crippen LogP contribution in [0.1, 0.15) is 49.5 Å². The van der Waals surface area contributed by atoms with Crippen LogP contribution in [0, 0.1) is 0 Å². The second-order valence-corrected chi connectivity index (χ2v) is 5.29. The summed E-state index contributed by atoms with van der Waals surface area (Å²) in [5, 5.41) is 2.79. The average molecular weight is 303 g/mol. The van der Waals surface area contributed by atoms with Crippen molar-refractivity contribution in [1.29, 1.82) is 0 Å². The SMILES string of the molecule is C[C@H](OC(=O)c1cnccn1)C(=O)NCCC1=CCCCC1. The van der Waals surface area contributed by atoms with Gasteiger partial charge in [-0.2, -0.15) is 0 Å². The van der Waals surface area contributed by atoms with Crippen LogP contribution in [0.3, 0.4) is 0 Å². The first-order chi connectivity index (χ1) is 10.7. The lowest BCUT2D eigenvalue weighted by atomic mass is 9.97. The Bertz CT molecular complexity index is 543. The van der Waals surface area contributed by atoms with Gasteiger partial charge < -0.3 is 10.1 Å². The third kappa shape index (κ3) is 4.95. The molecule has 0 aromatic carbocycles. The number of hydrogen-bond acceptors (Lipinski definition) is 5. The quantitative estimate of drug-likeness (QED) is 0.642. The summed E-state index contributed by atoms with van der Waals surface area (Å²) in [5.74, 6) is -0.945. The molecule has 1 atom stereocenters. The van der Waals surface area contributed by atoms with Crippen LogP contribution in [0.5, 0.6) is 0 Å². The smallest absolute Gasteiger partial charge is 0.359 e. The highest BCUT2D eigenvalue weighted by molar-refractivity contribution is 5.90. The number of hydrogen-bond donors (Lipinski definition) is 1. The first kappa shape index (κ1) is 16.1. The Balaban J connectivity index is 1.72. The number of nitrogens with one attached hydrogen (secondary N) is 1. The molecule has 1 aliphatic rings. The van der Waals surface area contributed by atoms with E-state index in [1.807, 2.05) is 0 Å². The molecule has 0 bridgehead atoms. The molecule has 1 amide bonds. The molecule has 0 spiro atoms. The molecule has 0 saturated carbocycles. The van der Waals surface area contributed by atoms with Crippen LogP contribution in [0.4, 0.5) is 0 Å². The number of esters is 1. The molecule has 1 heterocycles. The van der Waals surface area contributed by atoms with Crippen molar-refractivity contribution in [3.63, 3.8) is 0 Å². The van der Waals surface area contributed by atoms with Crippen molar-refractivity contribution >= 4 is 11.9 Å². The van der Waals surface area contributed by atoms with Crippen LogP contribution in [-0.2, 0) is 9.53 Å². The van der Waals surface area contributed by atoms with Gasteiger partial charge in [0.05, 0.1) is 6.20 Å². The van der Waals surface area contributed by atoms with Crippen molar-refractivity contribution in [3.8, 4) is 0 Å². The van der Waals surface area contributed by atoms with Crippen molar-refractivity contribution < 1.29 is 14.3 Å². The number of allylic oxidation sites excluding steroid dienone is 1. The molecule has 1 aromatic rings. The van der Waals surface area contributed by atoms with E-state index >= 15 is 0 Å². The summed E-state index contributed by atoms with van der Waals surface area (Å²) in [5.41, 5.74) is 1.49. The fourth-order valence-corrected chi connectivity index (χ4v) is 2.30. The van der Waals surface area contributed by atoms with Crippen LogP contribution >= 0.6 is 0 Å². The van der Waals surface area contributed by atoms with Gasteiger partial charge in [-0.1, -0.05) is 11.6 Å². The van der Waals surface area contributed by atoms with E-state index in [9.17, 15) is 9.59 Å². The van der Waals surface area contributed by atoms with Gasteiger partial charge in [-0.15, -0.1) is 0 Å². The van der Waals surface area contributed by atoms with E-state index in [1.165, 1.54) is 37.0 Å².